The van der Waals surface area contributed by atoms with Crippen molar-refractivity contribution >= 4 is 6.09 Å². The van der Waals surface area contributed by atoms with E-state index < -0.39 is 6.09 Å². The van der Waals surface area contributed by atoms with Crippen LogP contribution < -0.4 is 0 Å². The van der Waals surface area contributed by atoms with Crippen LogP contribution in [0.2, 0.25) is 0 Å². The first kappa shape index (κ1) is 6.57. The van der Waals surface area contributed by atoms with E-state index in [1.807, 2.05) is 0 Å². The van der Waals surface area contributed by atoms with E-state index in [1.54, 1.807) is 0 Å². The summed E-state index contributed by atoms with van der Waals surface area (Å²) in [6.07, 6.45) is 0.694. The molecular weight excluding hydrogens is 146 g/mol. The number of rotatable bonds is 0. The Morgan fingerprint density at radius 1 is 1.36 bits per heavy atom. The summed E-state index contributed by atoms with van der Waals surface area (Å²) < 4.78 is 0. The molecular formula is C6H9N3O2. The van der Waals surface area contributed by atoms with Crippen molar-refractivity contribution in [3.8, 4) is 0 Å². The van der Waals surface area contributed by atoms with E-state index in [2.05, 4.69) is 10.2 Å². The van der Waals surface area contributed by atoms with Crippen molar-refractivity contribution in [1.82, 2.24) is 4.90 Å². The highest BCUT2D eigenvalue weighted by atomic mass is 16.4. The van der Waals surface area contributed by atoms with Crippen LogP contribution in [0.5, 0.6) is 0 Å². The molecule has 0 atom stereocenters. The number of nitrogens with zero attached hydrogens (tertiary/aromatic N) is 3. The third-order valence-electron chi connectivity index (χ3n) is 2.22. The van der Waals surface area contributed by atoms with Gasteiger partial charge in [0.15, 0.2) is 5.66 Å². The zero-order valence-electron chi connectivity index (χ0n) is 6.03. The predicted molar refractivity (Wildman–Crippen MR) is 36.4 cm³/mol. The van der Waals surface area contributed by atoms with E-state index in [9.17, 15) is 4.79 Å². The SMILES string of the molecule is O=C(O)N1CCC2(CC1)N=N2. The second kappa shape index (κ2) is 1.93. The Labute approximate surface area is 63.7 Å². The smallest absolute Gasteiger partial charge is 0.407 e. The molecule has 0 bridgehead atoms. The van der Waals surface area contributed by atoms with Crippen LogP contribution in [-0.2, 0) is 0 Å². The van der Waals surface area contributed by atoms with Crippen LogP contribution in [0.15, 0.2) is 10.2 Å². The van der Waals surface area contributed by atoms with Gasteiger partial charge in [-0.2, -0.15) is 10.2 Å². The van der Waals surface area contributed by atoms with Gasteiger partial charge in [-0.25, -0.2) is 4.79 Å². The average Bonchev–Trinajstić information content (AvgIpc) is 2.70. The fourth-order valence-electron chi connectivity index (χ4n) is 1.33. The molecule has 0 saturated carbocycles. The molecule has 5 nitrogen and oxygen atoms in total. The quantitative estimate of drug-likeness (QED) is 0.565. The van der Waals surface area contributed by atoms with E-state index in [4.69, 9.17) is 5.11 Å². The molecule has 2 aliphatic heterocycles. The molecule has 1 N–H and O–H groups in total. The lowest BCUT2D eigenvalue weighted by Crippen LogP contribution is -2.40. The van der Waals surface area contributed by atoms with E-state index in [-0.39, 0.29) is 5.66 Å². The summed E-state index contributed by atoms with van der Waals surface area (Å²) in [6.45, 7) is 1.14. The maximum Gasteiger partial charge on any atom is 0.407 e. The Bertz CT molecular complexity index is 210. The summed E-state index contributed by atoms with van der Waals surface area (Å²) in [6, 6.07) is 0. The number of piperidine rings is 1. The standard InChI is InChI=1S/C6H9N3O2/c10-5(11)9-3-1-6(2-4-9)7-8-6/h1-4H2,(H,10,11). The van der Waals surface area contributed by atoms with Crippen LogP contribution >= 0.6 is 0 Å². The minimum absolute atomic E-state index is 0.161. The van der Waals surface area contributed by atoms with Crippen molar-refractivity contribution in [2.75, 3.05) is 13.1 Å². The lowest BCUT2D eigenvalue weighted by Gasteiger charge is -2.26. The number of likely N-dealkylation sites (tertiary alicyclic amines) is 1. The molecule has 60 valence electrons. The second-order valence-electron chi connectivity index (χ2n) is 2.95. The highest BCUT2D eigenvalue weighted by Gasteiger charge is 2.43. The van der Waals surface area contributed by atoms with Crippen molar-refractivity contribution in [1.29, 1.82) is 0 Å². The molecule has 2 heterocycles. The van der Waals surface area contributed by atoms with E-state index in [0.717, 1.165) is 12.8 Å². The molecule has 0 aromatic carbocycles. The summed E-state index contributed by atoms with van der Waals surface area (Å²) in [7, 11) is 0. The van der Waals surface area contributed by atoms with Crippen LogP contribution in [0.3, 0.4) is 0 Å². The van der Waals surface area contributed by atoms with Gasteiger partial charge < -0.3 is 10.0 Å². The van der Waals surface area contributed by atoms with Gasteiger partial charge in [0, 0.05) is 25.9 Å². The molecule has 1 spiro atoms. The summed E-state index contributed by atoms with van der Waals surface area (Å²) in [5.74, 6) is 0. The van der Waals surface area contributed by atoms with Gasteiger partial charge in [0.05, 0.1) is 0 Å². The van der Waals surface area contributed by atoms with Gasteiger partial charge in [-0.05, 0) is 0 Å². The van der Waals surface area contributed by atoms with Crippen molar-refractivity contribution in [3.63, 3.8) is 0 Å². The van der Waals surface area contributed by atoms with Crippen LogP contribution in [0.1, 0.15) is 12.8 Å². The van der Waals surface area contributed by atoms with E-state index in [1.165, 1.54) is 4.90 Å². The van der Waals surface area contributed by atoms with Crippen LogP contribution in [0.4, 0.5) is 4.79 Å². The molecule has 1 amide bonds. The monoisotopic (exact) mass is 155 g/mol. The van der Waals surface area contributed by atoms with Gasteiger partial charge in [0.1, 0.15) is 0 Å². The van der Waals surface area contributed by atoms with E-state index in [0.29, 0.717) is 13.1 Å². The fraction of sp³-hybridized carbons (Fsp3) is 0.833. The molecule has 2 rings (SSSR count). The minimum Gasteiger partial charge on any atom is -0.465 e. The Kier molecular flexibility index (Phi) is 1.15. The van der Waals surface area contributed by atoms with Gasteiger partial charge >= 0.3 is 6.09 Å². The van der Waals surface area contributed by atoms with Gasteiger partial charge in [-0.15, -0.1) is 0 Å². The maximum absolute atomic E-state index is 10.5. The van der Waals surface area contributed by atoms with Crippen molar-refractivity contribution in [2.45, 2.75) is 18.5 Å². The highest BCUT2D eigenvalue weighted by Crippen LogP contribution is 2.38. The normalized spacial score (nSPS) is 25.6. The molecule has 0 aliphatic carbocycles. The number of hydrogen-bond donors (Lipinski definition) is 1. The fourth-order valence-corrected chi connectivity index (χ4v) is 1.33. The number of amides is 1. The summed E-state index contributed by atoms with van der Waals surface area (Å²) in [5.41, 5.74) is -0.161. The lowest BCUT2D eigenvalue weighted by molar-refractivity contribution is 0.128. The first-order valence-electron chi connectivity index (χ1n) is 3.64. The molecule has 0 unspecified atom stereocenters. The summed E-state index contributed by atoms with van der Waals surface area (Å²) in [5, 5.41) is 16.4. The first-order valence-corrected chi connectivity index (χ1v) is 3.64. The molecule has 0 aromatic heterocycles. The molecule has 0 radical (unpaired) electrons. The Morgan fingerprint density at radius 2 is 1.91 bits per heavy atom. The van der Waals surface area contributed by atoms with Crippen molar-refractivity contribution < 1.29 is 9.90 Å². The van der Waals surface area contributed by atoms with Crippen molar-refractivity contribution in [3.05, 3.63) is 0 Å². The van der Waals surface area contributed by atoms with Gasteiger partial charge in [-0.1, -0.05) is 0 Å². The number of hydrogen-bond acceptors (Lipinski definition) is 3. The molecule has 5 heteroatoms. The Balaban J connectivity index is 1.89. The largest absolute Gasteiger partial charge is 0.465 e. The summed E-state index contributed by atoms with van der Waals surface area (Å²) in [4.78, 5) is 11.9. The molecule has 2 aliphatic rings. The maximum atomic E-state index is 10.5. The highest BCUT2D eigenvalue weighted by molar-refractivity contribution is 5.65. The number of carboxylic acid groups (broad SMARTS) is 1. The lowest BCUT2D eigenvalue weighted by atomic mass is 10.0. The van der Waals surface area contributed by atoms with Crippen LogP contribution in [-0.4, -0.2) is 34.9 Å². The number of carbonyl (C=O) groups is 1. The zero-order chi connectivity index (χ0) is 7.90. The average molecular weight is 155 g/mol. The van der Waals surface area contributed by atoms with Gasteiger partial charge in [0.2, 0.25) is 0 Å². The molecule has 1 saturated heterocycles. The third kappa shape index (κ3) is 1.06. The predicted octanol–water partition coefficient (Wildman–Crippen LogP) is 0.922. The zero-order valence-corrected chi connectivity index (χ0v) is 6.03. The molecule has 1 fully saturated rings. The van der Waals surface area contributed by atoms with Crippen molar-refractivity contribution in [2.24, 2.45) is 10.2 Å². The van der Waals surface area contributed by atoms with Crippen LogP contribution in [0.25, 0.3) is 0 Å². The first-order chi connectivity index (χ1) is 5.22. The summed E-state index contributed by atoms with van der Waals surface area (Å²) >= 11 is 0. The minimum atomic E-state index is -0.833. The molecule has 11 heavy (non-hydrogen) atoms. The Morgan fingerprint density at radius 3 is 2.27 bits per heavy atom. The van der Waals surface area contributed by atoms with Gasteiger partial charge in [0.25, 0.3) is 0 Å². The van der Waals surface area contributed by atoms with Crippen LogP contribution in [0, 0.1) is 0 Å². The third-order valence-corrected chi connectivity index (χ3v) is 2.22. The van der Waals surface area contributed by atoms with E-state index >= 15 is 0 Å². The second-order valence-corrected chi connectivity index (χ2v) is 2.95. The van der Waals surface area contributed by atoms with Gasteiger partial charge in [-0.3, -0.25) is 0 Å². The Hall–Kier alpha value is -1.13. The topological polar surface area (TPSA) is 65.3 Å². The molecule has 0 aromatic rings.